The molecule has 1 heterocycles. The van der Waals surface area contributed by atoms with Gasteiger partial charge in [0, 0.05) is 44.4 Å². The number of carbonyl (C=O) groups is 1. The molecule has 2 rings (SSSR count). The molecule has 0 unspecified atom stereocenters. The monoisotopic (exact) mass is 356 g/mol. The Bertz CT molecular complexity index is 602. The van der Waals surface area contributed by atoms with Crippen molar-refractivity contribution in [1.29, 1.82) is 0 Å². The Hall–Kier alpha value is -2.19. The highest BCUT2D eigenvalue weighted by Crippen LogP contribution is 2.33. The summed E-state index contributed by atoms with van der Waals surface area (Å²) in [7, 11) is 1.36. The maximum Gasteiger partial charge on any atom is 0.387 e. The van der Waals surface area contributed by atoms with E-state index in [1.165, 1.54) is 25.3 Å². The Morgan fingerprint density at radius 1 is 1.32 bits per heavy atom. The molecule has 0 radical (unpaired) electrons. The third-order valence-electron chi connectivity index (χ3n) is 3.94. The second kappa shape index (κ2) is 9.33. The lowest BCUT2D eigenvalue weighted by Gasteiger charge is -2.33. The summed E-state index contributed by atoms with van der Waals surface area (Å²) in [5, 5.41) is 8.93. The van der Waals surface area contributed by atoms with Gasteiger partial charge in [0.15, 0.2) is 11.5 Å². The van der Waals surface area contributed by atoms with E-state index in [4.69, 9.17) is 9.84 Å². The second-order valence-electron chi connectivity index (χ2n) is 5.48. The van der Waals surface area contributed by atoms with Crippen molar-refractivity contribution < 1.29 is 28.2 Å². The van der Waals surface area contributed by atoms with Gasteiger partial charge in [-0.2, -0.15) is 8.78 Å². The number of carbonyl (C=O) groups excluding carboxylic acids is 1. The maximum atomic E-state index is 12.6. The van der Waals surface area contributed by atoms with E-state index in [1.807, 2.05) is 0 Å². The van der Waals surface area contributed by atoms with Crippen LogP contribution in [0.15, 0.2) is 24.3 Å². The number of para-hydroxylation sites is 1. The summed E-state index contributed by atoms with van der Waals surface area (Å²) in [4.78, 5) is 16.0. The highest BCUT2D eigenvalue weighted by Gasteiger charge is 2.19. The molecule has 1 amide bonds. The first kappa shape index (κ1) is 19.1. The summed E-state index contributed by atoms with van der Waals surface area (Å²) in [5.74, 6) is -0.126. The molecule has 1 fully saturated rings. The van der Waals surface area contributed by atoms with Crippen molar-refractivity contribution in [2.24, 2.45) is 0 Å². The Balaban J connectivity index is 2.05. The van der Waals surface area contributed by atoms with Crippen LogP contribution in [0.5, 0.6) is 11.5 Å². The predicted octanol–water partition coefficient (Wildman–Crippen LogP) is 1.45. The number of hydrogen-bond donors (Lipinski definition) is 1. The van der Waals surface area contributed by atoms with Gasteiger partial charge in [0.25, 0.3) is 0 Å². The van der Waals surface area contributed by atoms with E-state index in [0.717, 1.165) is 0 Å². The number of amides is 1. The van der Waals surface area contributed by atoms with Gasteiger partial charge < -0.3 is 19.5 Å². The fourth-order valence-electron chi connectivity index (χ4n) is 2.64. The van der Waals surface area contributed by atoms with Gasteiger partial charge in [-0.1, -0.05) is 12.1 Å². The third-order valence-corrected chi connectivity index (χ3v) is 3.94. The summed E-state index contributed by atoms with van der Waals surface area (Å²) in [6.07, 6.45) is 2.79. The van der Waals surface area contributed by atoms with Gasteiger partial charge in [0.2, 0.25) is 5.91 Å². The number of benzene rings is 1. The van der Waals surface area contributed by atoms with Gasteiger partial charge in [-0.25, -0.2) is 0 Å². The van der Waals surface area contributed by atoms with Crippen LogP contribution in [0.3, 0.4) is 0 Å². The number of methoxy groups -OCH3 is 1. The quantitative estimate of drug-likeness (QED) is 0.750. The summed E-state index contributed by atoms with van der Waals surface area (Å²) in [6.45, 7) is 0.201. The third kappa shape index (κ3) is 5.40. The normalized spacial score (nSPS) is 15.8. The summed E-state index contributed by atoms with van der Waals surface area (Å²) < 4.78 is 34.8. The average molecular weight is 356 g/mol. The fraction of sp³-hybridized carbons (Fsp3) is 0.471. The van der Waals surface area contributed by atoms with Crippen molar-refractivity contribution in [3.05, 3.63) is 29.8 Å². The molecule has 0 bridgehead atoms. The second-order valence-corrected chi connectivity index (χ2v) is 5.48. The van der Waals surface area contributed by atoms with E-state index < -0.39 is 6.61 Å². The number of aliphatic hydroxyl groups is 1. The van der Waals surface area contributed by atoms with Gasteiger partial charge in [0.1, 0.15) is 0 Å². The Morgan fingerprint density at radius 2 is 2.04 bits per heavy atom. The molecule has 1 aromatic rings. The number of rotatable bonds is 7. The van der Waals surface area contributed by atoms with Gasteiger partial charge >= 0.3 is 6.61 Å². The van der Waals surface area contributed by atoms with Gasteiger partial charge in [-0.3, -0.25) is 9.69 Å². The SMILES string of the molecule is COc1cccc(/C=C/C(=O)N2CCN(CCO)CC2)c1OC(F)F. The van der Waals surface area contributed by atoms with Crippen LogP contribution in [0.2, 0.25) is 0 Å². The zero-order valence-electron chi connectivity index (χ0n) is 14.0. The molecule has 1 aromatic carbocycles. The van der Waals surface area contributed by atoms with Crippen molar-refractivity contribution >= 4 is 12.0 Å². The van der Waals surface area contributed by atoms with E-state index in [1.54, 1.807) is 17.0 Å². The number of β-amino-alcohol motifs (C(OH)–C–C–N with tert-alkyl or cyclic N) is 1. The first-order chi connectivity index (χ1) is 12.0. The number of ether oxygens (including phenoxy) is 2. The molecule has 6 nitrogen and oxygen atoms in total. The molecule has 1 aliphatic heterocycles. The molecule has 0 atom stereocenters. The molecule has 0 aliphatic carbocycles. The number of piperazine rings is 1. The largest absolute Gasteiger partial charge is 0.493 e. The highest BCUT2D eigenvalue weighted by atomic mass is 19.3. The number of halogens is 2. The van der Waals surface area contributed by atoms with Crippen LogP contribution in [0.1, 0.15) is 5.56 Å². The first-order valence-electron chi connectivity index (χ1n) is 7.97. The fourth-order valence-corrected chi connectivity index (χ4v) is 2.64. The smallest absolute Gasteiger partial charge is 0.387 e. The molecule has 25 heavy (non-hydrogen) atoms. The van der Waals surface area contributed by atoms with Crippen LogP contribution < -0.4 is 9.47 Å². The Kier molecular flexibility index (Phi) is 7.15. The number of nitrogens with zero attached hydrogens (tertiary/aromatic N) is 2. The summed E-state index contributed by atoms with van der Waals surface area (Å²) in [5.41, 5.74) is 0.340. The molecular formula is C17H22F2N2O4. The zero-order chi connectivity index (χ0) is 18.2. The van der Waals surface area contributed by atoms with E-state index in [9.17, 15) is 13.6 Å². The van der Waals surface area contributed by atoms with Crippen LogP contribution >= 0.6 is 0 Å². The van der Waals surface area contributed by atoms with E-state index in [2.05, 4.69) is 9.64 Å². The zero-order valence-corrected chi connectivity index (χ0v) is 14.0. The maximum absolute atomic E-state index is 12.6. The van der Waals surface area contributed by atoms with Crippen molar-refractivity contribution in [3.63, 3.8) is 0 Å². The van der Waals surface area contributed by atoms with Gasteiger partial charge in [-0.05, 0) is 12.1 Å². The predicted molar refractivity (Wildman–Crippen MR) is 88.8 cm³/mol. The molecule has 138 valence electrons. The molecule has 1 saturated heterocycles. The van der Waals surface area contributed by atoms with Gasteiger partial charge in [-0.15, -0.1) is 0 Å². The lowest BCUT2D eigenvalue weighted by atomic mass is 10.1. The van der Waals surface area contributed by atoms with E-state index in [-0.39, 0.29) is 24.0 Å². The lowest BCUT2D eigenvalue weighted by Crippen LogP contribution is -2.48. The number of aliphatic hydroxyl groups excluding tert-OH is 1. The van der Waals surface area contributed by atoms with Crippen molar-refractivity contribution in [2.75, 3.05) is 46.4 Å². The molecule has 8 heteroatoms. The van der Waals surface area contributed by atoms with Crippen molar-refractivity contribution in [3.8, 4) is 11.5 Å². The molecule has 0 spiro atoms. The highest BCUT2D eigenvalue weighted by molar-refractivity contribution is 5.92. The lowest BCUT2D eigenvalue weighted by molar-refractivity contribution is -0.127. The molecule has 0 aromatic heterocycles. The minimum Gasteiger partial charge on any atom is -0.493 e. The van der Waals surface area contributed by atoms with Crippen LogP contribution in [0, 0.1) is 0 Å². The minimum absolute atomic E-state index is 0.0939. The number of hydrogen-bond acceptors (Lipinski definition) is 5. The molecule has 0 saturated carbocycles. The molecule has 1 aliphatic rings. The van der Waals surface area contributed by atoms with Crippen molar-refractivity contribution in [2.45, 2.75) is 6.61 Å². The van der Waals surface area contributed by atoms with Crippen LogP contribution in [0.4, 0.5) is 8.78 Å². The van der Waals surface area contributed by atoms with Crippen LogP contribution in [-0.4, -0.2) is 73.9 Å². The standard InChI is InChI=1S/C17H22F2N2O4/c1-24-14-4-2-3-13(16(14)25-17(18)19)5-6-15(23)21-9-7-20(8-10-21)11-12-22/h2-6,17,22H,7-12H2,1H3/b6-5+. The van der Waals surface area contributed by atoms with E-state index >= 15 is 0 Å². The minimum atomic E-state index is -2.99. The Morgan fingerprint density at radius 3 is 2.64 bits per heavy atom. The van der Waals surface area contributed by atoms with Gasteiger partial charge in [0.05, 0.1) is 13.7 Å². The topological polar surface area (TPSA) is 62.2 Å². The summed E-state index contributed by atoms with van der Waals surface area (Å²) >= 11 is 0. The Labute approximate surface area is 145 Å². The first-order valence-corrected chi connectivity index (χ1v) is 7.97. The van der Waals surface area contributed by atoms with Crippen LogP contribution in [0.25, 0.3) is 6.08 Å². The average Bonchev–Trinajstić information content (AvgIpc) is 2.61. The number of alkyl halides is 2. The molecule has 1 N–H and O–H groups in total. The van der Waals surface area contributed by atoms with Crippen LogP contribution in [-0.2, 0) is 4.79 Å². The summed E-state index contributed by atoms with van der Waals surface area (Å²) in [6, 6.07) is 4.72. The van der Waals surface area contributed by atoms with E-state index in [0.29, 0.717) is 38.3 Å². The molecular weight excluding hydrogens is 334 g/mol. The van der Waals surface area contributed by atoms with Crippen molar-refractivity contribution in [1.82, 2.24) is 9.80 Å².